The lowest BCUT2D eigenvalue weighted by molar-refractivity contribution is 0.600. The second-order valence-electron chi connectivity index (χ2n) is 2.06. The molecule has 0 aromatic carbocycles. The molecule has 12 heavy (non-hydrogen) atoms. The molecule has 2 aliphatic rings. The van der Waals surface area contributed by atoms with Crippen molar-refractivity contribution in [3.8, 4) is 0 Å². The second-order valence-corrected chi connectivity index (χ2v) is 3.32. The smallest absolute Gasteiger partial charge is 0.367 e. The van der Waals surface area contributed by atoms with Crippen LogP contribution in [-0.4, -0.2) is 32.1 Å². The maximum Gasteiger partial charge on any atom is 0.367 e. The minimum atomic E-state index is -3.83. The maximum absolute atomic E-state index is 10.8. The lowest BCUT2D eigenvalue weighted by atomic mass is 10.3. The predicted octanol–water partition coefficient (Wildman–Crippen LogP) is -1.52. The van der Waals surface area contributed by atoms with Crippen LogP contribution in [0.25, 0.3) is 0 Å². The van der Waals surface area contributed by atoms with Crippen molar-refractivity contribution in [2.45, 2.75) is 0 Å². The van der Waals surface area contributed by atoms with E-state index in [0.717, 1.165) is 0 Å². The van der Waals surface area contributed by atoms with Gasteiger partial charge < -0.3 is 5.73 Å². The predicted molar refractivity (Wildman–Crippen MR) is 43.9 cm³/mol. The number of nitrogens with zero attached hydrogens (tertiary/aromatic N) is 4. The van der Waals surface area contributed by atoms with Crippen molar-refractivity contribution in [2.24, 2.45) is 24.5 Å². The highest BCUT2D eigenvalue weighted by atomic mass is 32.2. The summed E-state index contributed by atoms with van der Waals surface area (Å²) in [7, 11) is -3.83. The SMILES string of the molecule is NC1=NS(=O)(=O)N=C2N=CN=C12. The number of rotatable bonds is 0. The Labute approximate surface area is 67.6 Å². The first-order chi connectivity index (χ1) is 5.58. The first-order valence-electron chi connectivity index (χ1n) is 2.90. The molecule has 2 rings (SSSR count). The minimum Gasteiger partial charge on any atom is -0.381 e. The topological polar surface area (TPSA) is 110 Å². The molecule has 0 unspecified atom stereocenters. The van der Waals surface area contributed by atoms with Gasteiger partial charge in [-0.15, -0.1) is 8.80 Å². The molecule has 0 saturated carbocycles. The van der Waals surface area contributed by atoms with Crippen molar-refractivity contribution in [1.82, 2.24) is 0 Å². The van der Waals surface area contributed by atoms with Crippen LogP contribution in [0, 0.1) is 0 Å². The fraction of sp³-hybridized carbons (Fsp3) is 0. The molecule has 7 nitrogen and oxygen atoms in total. The number of amidine groups is 2. The molecule has 0 radical (unpaired) electrons. The molecule has 0 atom stereocenters. The number of hydrogen-bond acceptors (Lipinski definition) is 5. The van der Waals surface area contributed by atoms with Crippen LogP contribution in [0.4, 0.5) is 0 Å². The number of hydrogen-bond donors (Lipinski definition) is 1. The Morgan fingerprint density at radius 3 is 2.83 bits per heavy atom. The molecule has 2 N–H and O–H groups in total. The van der Waals surface area contributed by atoms with Crippen LogP contribution in [-0.2, 0) is 10.2 Å². The van der Waals surface area contributed by atoms with E-state index in [2.05, 4.69) is 18.8 Å². The summed E-state index contributed by atoms with van der Waals surface area (Å²) < 4.78 is 28.0. The van der Waals surface area contributed by atoms with Crippen LogP contribution >= 0.6 is 0 Å². The van der Waals surface area contributed by atoms with Gasteiger partial charge >= 0.3 is 10.2 Å². The molecule has 0 aliphatic carbocycles. The molecule has 0 aromatic heterocycles. The highest BCUT2D eigenvalue weighted by Crippen LogP contribution is 2.07. The minimum absolute atomic E-state index is 0.00231. The normalized spacial score (nSPS) is 24.2. The number of fused-ring (bicyclic) bond motifs is 1. The van der Waals surface area contributed by atoms with Gasteiger partial charge in [-0.3, -0.25) is 0 Å². The van der Waals surface area contributed by atoms with Crippen molar-refractivity contribution in [3.63, 3.8) is 0 Å². The molecule has 0 bridgehead atoms. The fourth-order valence-corrected chi connectivity index (χ4v) is 1.53. The lowest BCUT2D eigenvalue weighted by Gasteiger charge is -2.03. The van der Waals surface area contributed by atoms with Crippen LogP contribution < -0.4 is 5.73 Å². The van der Waals surface area contributed by atoms with Crippen LogP contribution in [0.15, 0.2) is 18.8 Å². The van der Waals surface area contributed by atoms with Gasteiger partial charge in [-0.1, -0.05) is 0 Å². The summed E-state index contributed by atoms with van der Waals surface area (Å²) in [5, 5.41) is 0. The first-order valence-corrected chi connectivity index (χ1v) is 4.29. The van der Waals surface area contributed by atoms with Crippen molar-refractivity contribution >= 4 is 33.9 Å². The standard InChI is InChI=1S/C4H3N5O2S/c5-3-2-4(7-1-6-2)9-12(10,11)8-3/h1H,(H2,5,8). The van der Waals surface area contributed by atoms with E-state index < -0.39 is 10.2 Å². The van der Waals surface area contributed by atoms with Crippen LogP contribution in [0.2, 0.25) is 0 Å². The average molecular weight is 185 g/mol. The van der Waals surface area contributed by atoms with E-state index in [1.807, 2.05) is 0 Å². The molecule has 2 heterocycles. The Morgan fingerprint density at radius 1 is 1.33 bits per heavy atom. The third-order valence-electron chi connectivity index (χ3n) is 1.24. The van der Waals surface area contributed by atoms with E-state index in [-0.39, 0.29) is 17.4 Å². The molecule has 0 spiro atoms. The van der Waals surface area contributed by atoms with Gasteiger partial charge in [-0.05, 0) is 0 Å². The van der Waals surface area contributed by atoms with E-state index in [0.29, 0.717) is 0 Å². The van der Waals surface area contributed by atoms with Gasteiger partial charge in [0.2, 0.25) is 0 Å². The van der Waals surface area contributed by atoms with Gasteiger partial charge in [-0.25, -0.2) is 9.98 Å². The average Bonchev–Trinajstić information content (AvgIpc) is 2.31. The van der Waals surface area contributed by atoms with E-state index in [1.165, 1.54) is 6.34 Å². The highest BCUT2D eigenvalue weighted by Gasteiger charge is 2.26. The van der Waals surface area contributed by atoms with Gasteiger partial charge in [0.25, 0.3) is 0 Å². The largest absolute Gasteiger partial charge is 0.381 e. The van der Waals surface area contributed by atoms with Crippen LogP contribution in [0.3, 0.4) is 0 Å². The molecule has 2 aliphatic heterocycles. The highest BCUT2D eigenvalue weighted by molar-refractivity contribution is 7.89. The Hall–Kier alpha value is -1.57. The summed E-state index contributed by atoms with van der Waals surface area (Å²) in [5.41, 5.74) is 5.49. The van der Waals surface area contributed by atoms with E-state index in [1.54, 1.807) is 0 Å². The van der Waals surface area contributed by atoms with Gasteiger partial charge in [0.1, 0.15) is 6.34 Å². The fourth-order valence-electron chi connectivity index (χ4n) is 0.805. The van der Waals surface area contributed by atoms with Crippen molar-refractivity contribution in [1.29, 1.82) is 0 Å². The summed E-state index contributed by atoms with van der Waals surface area (Å²) in [6, 6.07) is 0. The molecular weight excluding hydrogens is 182 g/mol. The van der Waals surface area contributed by atoms with Gasteiger partial charge in [0, 0.05) is 0 Å². The van der Waals surface area contributed by atoms with Crippen molar-refractivity contribution < 1.29 is 8.42 Å². The Morgan fingerprint density at radius 2 is 2.08 bits per heavy atom. The third-order valence-corrected chi connectivity index (χ3v) is 2.07. The van der Waals surface area contributed by atoms with Gasteiger partial charge in [-0.2, -0.15) is 8.42 Å². The summed E-state index contributed by atoms with van der Waals surface area (Å²) in [5.74, 6) is -0.167. The summed E-state index contributed by atoms with van der Waals surface area (Å²) >= 11 is 0. The van der Waals surface area contributed by atoms with E-state index in [4.69, 9.17) is 5.73 Å². The molecule has 0 aromatic rings. The second kappa shape index (κ2) is 1.97. The van der Waals surface area contributed by atoms with Crippen molar-refractivity contribution in [3.05, 3.63) is 0 Å². The number of aliphatic imine (C=N–C) groups is 2. The molecular formula is C4H3N5O2S. The Bertz CT molecular complexity index is 454. The Balaban J connectivity index is 2.67. The number of nitrogens with two attached hydrogens (primary N) is 1. The molecule has 8 heteroatoms. The van der Waals surface area contributed by atoms with Gasteiger partial charge in [0.15, 0.2) is 17.4 Å². The molecule has 0 fully saturated rings. The Kier molecular flexibility index (Phi) is 1.17. The van der Waals surface area contributed by atoms with Crippen LogP contribution in [0.1, 0.15) is 0 Å². The third kappa shape index (κ3) is 0.925. The zero-order chi connectivity index (χ0) is 8.77. The quantitative estimate of drug-likeness (QED) is 0.495. The maximum atomic E-state index is 10.8. The van der Waals surface area contributed by atoms with Crippen LogP contribution in [0.5, 0.6) is 0 Å². The summed E-state index contributed by atoms with van der Waals surface area (Å²) in [6.07, 6.45) is 1.18. The summed E-state index contributed by atoms with van der Waals surface area (Å²) in [4.78, 5) is 7.26. The summed E-state index contributed by atoms with van der Waals surface area (Å²) in [6.45, 7) is 0. The molecule has 0 amide bonds. The van der Waals surface area contributed by atoms with Crippen molar-refractivity contribution in [2.75, 3.05) is 0 Å². The molecule has 0 saturated heterocycles. The lowest BCUT2D eigenvalue weighted by Crippen LogP contribution is -2.32. The van der Waals surface area contributed by atoms with E-state index in [9.17, 15) is 8.42 Å². The van der Waals surface area contributed by atoms with Gasteiger partial charge in [0.05, 0.1) is 0 Å². The molecule has 62 valence electrons. The zero-order valence-corrected chi connectivity index (χ0v) is 6.48. The van der Waals surface area contributed by atoms with E-state index >= 15 is 0 Å². The zero-order valence-electron chi connectivity index (χ0n) is 5.67. The first kappa shape index (κ1) is 7.10. The monoisotopic (exact) mass is 185 g/mol.